The van der Waals surface area contributed by atoms with Gasteiger partial charge in [-0.2, -0.15) is 0 Å². The molecule has 1 amide bonds. The lowest BCUT2D eigenvalue weighted by molar-refractivity contribution is -0.385. The Kier molecular flexibility index (Phi) is 9.31. The van der Waals surface area contributed by atoms with Crippen molar-refractivity contribution < 1.29 is 33.4 Å². The molecular weight excluding hydrogens is 492 g/mol. The second kappa shape index (κ2) is 12.8. The van der Waals surface area contributed by atoms with E-state index in [1.165, 1.54) is 51.7 Å². The fourth-order valence-corrected chi connectivity index (χ4v) is 3.59. The Morgan fingerprint density at radius 2 is 1.42 bits per heavy atom. The highest BCUT2D eigenvalue weighted by atomic mass is 16.6. The minimum absolute atomic E-state index is 0.101. The average molecular weight is 521 g/mol. The number of ether oxygens (including phenoxy) is 5. The summed E-state index contributed by atoms with van der Waals surface area (Å²) < 4.78 is 26.6. The Morgan fingerprint density at radius 1 is 0.763 bits per heavy atom. The third-order valence-electron chi connectivity index (χ3n) is 5.49. The van der Waals surface area contributed by atoms with E-state index in [0.29, 0.717) is 34.2 Å². The van der Waals surface area contributed by atoms with Crippen molar-refractivity contribution in [3.8, 4) is 28.7 Å². The van der Waals surface area contributed by atoms with Crippen molar-refractivity contribution in [1.29, 1.82) is 0 Å². The van der Waals surface area contributed by atoms with Crippen LogP contribution >= 0.6 is 0 Å². The molecule has 0 bridgehead atoms. The number of nitro groups is 1. The molecule has 198 valence electrons. The van der Waals surface area contributed by atoms with Crippen LogP contribution in [0, 0.1) is 10.1 Å². The lowest BCUT2D eigenvalue weighted by atomic mass is 10.1. The molecule has 0 saturated carbocycles. The second-order valence-electron chi connectivity index (χ2n) is 7.76. The Morgan fingerprint density at radius 3 is 2.00 bits per heavy atom. The van der Waals surface area contributed by atoms with E-state index in [1.54, 1.807) is 38.5 Å². The topological polar surface area (TPSA) is 118 Å². The van der Waals surface area contributed by atoms with Crippen LogP contribution in [-0.4, -0.2) is 46.4 Å². The van der Waals surface area contributed by atoms with E-state index in [4.69, 9.17) is 23.7 Å². The molecule has 1 N–H and O–H groups in total. The first-order chi connectivity index (χ1) is 18.3. The minimum atomic E-state index is -0.533. The first-order valence-electron chi connectivity index (χ1n) is 11.3. The molecule has 0 unspecified atom stereocenters. The molecule has 0 aromatic heterocycles. The molecule has 0 spiro atoms. The van der Waals surface area contributed by atoms with Gasteiger partial charge in [0.15, 0.2) is 17.2 Å². The van der Waals surface area contributed by atoms with Crippen molar-refractivity contribution >= 4 is 35.5 Å². The second-order valence-corrected chi connectivity index (χ2v) is 7.76. The van der Waals surface area contributed by atoms with Crippen molar-refractivity contribution in [3.63, 3.8) is 0 Å². The molecule has 0 heterocycles. The third-order valence-corrected chi connectivity index (χ3v) is 5.49. The van der Waals surface area contributed by atoms with Crippen molar-refractivity contribution in [2.45, 2.75) is 0 Å². The predicted octanol–water partition coefficient (Wildman–Crippen LogP) is 5.46. The summed E-state index contributed by atoms with van der Waals surface area (Å²) in [5.41, 5.74) is 2.44. The van der Waals surface area contributed by atoms with Crippen LogP contribution < -0.4 is 29.0 Å². The molecule has 0 atom stereocenters. The van der Waals surface area contributed by atoms with Crippen LogP contribution in [0.5, 0.6) is 28.7 Å². The quantitative estimate of drug-likeness (QED) is 0.153. The maximum Gasteiger partial charge on any atom is 0.310 e. The number of rotatable bonds is 11. The summed E-state index contributed by atoms with van der Waals surface area (Å²) >= 11 is 0. The van der Waals surface area contributed by atoms with E-state index < -0.39 is 10.8 Å². The maximum atomic E-state index is 12.7. The van der Waals surface area contributed by atoms with Crippen molar-refractivity contribution in [2.24, 2.45) is 0 Å². The molecule has 0 aliphatic carbocycles. The van der Waals surface area contributed by atoms with Crippen molar-refractivity contribution in [3.05, 3.63) is 81.4 Å². The molecule has 0 saturated heterocycles. The monoisotopic (exact) mass is 520 g/mol. The van der Waals surface area contributed by atoms with E-state index in [2.05, 4.69) is 5.32 Å². The third kappa shape index (κ3) is 6.61. The van der Waals surface area contributed by atoms with Gasteiger partial charge in [0.1, 0.15) is 5.75 Å². The first kappa shape index (κ1) is 27.6. The van der Waals surface area contributed by atoms with Gasteiger partial charge in [0.25, 0.3) is 0 Å². The van der Waals surface area contributed by atoms with Crippen LogP contribution in [0.2, 0.25) is 0 Å². The smallest absolute Gasteiger partial charge is 0.310 e. The molecule has 10 heteroatoms. The number of carbonyl (C=O) groups is 1. The maximum absolute atomic E-state index is 12.7. The average Bonchev–Trinajstić information content (AvgIpc) is 2.94. The molecule has 3 aromatic rings. The van der Waals surface area contributed by atoms with Gasteiger partial charge in [0.2, 0.25) is 11.7 Å². The number of methoxy groups -OCH3 is 5. The SMILES string of the molecule is COc1ccc(/C=C/c2cc(OC)c(OC)c(OC)c2)c(NC(=O)/C=C/c2ccc([N+](=O)[O-])c(OC)c2)c1. The molecule has 0 aliphatic rings. The van der Waals surface area contributed by atoms with Gasteiger partial charge >= 0.3 is 5.69 Å². The van der Waals surface area contributed by atoms with Crippen molar-refractivity contribution in [1.82, 2.24) is 0 Å². The van der Waals surface area contributed by atoms with Crippen LogP contribution in [0.15, 0.2) is 54.6 Å². The molecule has 0 fully saturated rings. The lowest BCUT2D eigenvalue weighted by Crippen LogP contribution is -2.09. The van der Waals surface area contributed by atoms with Gasteiger partial charge in [-0.1, -0.05) is 12.2 Å². The van der Waals surface area contributed by atoms with E-state index in [-0.39, 0.29) is 11.4 Å². The van der Waals surface area contributed by atoms with Gasteiger partial charge < -0.3 is 29.0 Å². The molecule has 38 heavy (non-hydrogen) atoms. The van der Waals surface area contributed by atoms with Crippen LogP contribution in [0.3, 0.4) is 0 Å². The molecule has 0 aliphatic heterocycles. The highest BCUT2D eigenvalue weighted by Gasteiger charge is 2.14. The van der Waals surface area contributed by atoms with E-state index in [1.807, 2.05) is 18.2 Å². The number of hydrogen-bond donors (Lipinski definition) is 1. The van der Waals surface area contributed by atoms with E-state index in [0.717, 1.165) is 11.1 Å². The van der Waals surface area contributed by atoms with Crippen LogP contribution in [0.4, 0.5) is 11.4 Å². The Hall–Kier alpha value is -4.99. The van der Waals surface area contributed by atoms with Gasteiger partial charge in [-0.25, -0.2) is 0 Å². The van der Waals surface area contributed by atoms with E-state index in [9.17, 15) is 14.9 Å². The highest BCUT2D eigenvalue weighted by molar-refractivity contribution is 6.03. The Labute approximate surface area is 220 Å². The Balaban J connectivity index is 1.86. The molecule has 3 aromatic carbocycles. The minimum Gasteiger partial charge on any atom is -0.497 e. The summed E-state index contributed by atoms with van der Waals surface area (Å²) in [5.74, 6) is 1.78. The zero-order chi connectivity index (χ0) is 27.7. The first-order valence-corrected chi connectivity index (χ1v) is 11.3. The molecule has 3 rings (SSSR count). The largest absolute Gasteiger partial charge is 0.497 e. The fourth-order valence-electron chi connectivity index (χ4n) is 3.59. The zero-order valence-corrected chi connectivity index (χ0v) is 21.6. The summed E-state index contributed by atoms with van der Waals surface area (Å²) in [4.78, 5) is 23.3. The summed E-state index contributed by atoms with van der Waals surface area (Å²) in [7, 11) is 7.51. The highest BCUT2D eigenvalue weighted by Crippen LogP contribution is 2.39. The molecular formula is C28H28N2O8. The van der Waals surface area contributed by atoms with Gasteiger partial charge in [-0.15, -0.1) is 0 Å². The van der Waals surface area contributed by atoms with Gasteiger partial charge in [0, 0.05) is 18.2 Å². The normalized spacial score (nSPS) is 10.9. The number of carbonyl (C=O) groups excluding carboxylic acids is 1. The number of nitrogens with zero attached hydrogens (tertiary/aromatic N) is 1. The number of amides is 1. The summed E-state index contributed by atoms with van der Waals surface area (Å²) in [6, 6.07) is 13.2. The van der Waals surface area contributed by atoms with Crippen molar-refractivity contribution in [2.75, 3.05) is 40.9 Å². The lowest BCUT2D eigenvalue weighted by Gasteiger charge is -2.13. The van der Waals surface area contributed by atoms with Crippen LogP contribution in [-0.2, 0) is 4.79 Å². The van der Waals surface area contributed by atoms with Gasteiger partial charge in [-0.05, 0) is 59.2 Å². The number of benzene rings is 3. The number of nitro benzene ring substituents is 1. The molecule has 10 nitrogen and oxygen atoms in total. The zero-order valence-electron chi connectivity index (χ0n) is 21.6. The number of nitrogens with one attached hydrogen (secondary N) is 1. The van der Waals surface area contributed by atoms with E-state index >= 15 is 0 Å². The fraction of sp³-hybridized carbons (Fsp3) is 0.179. The van der Waals surface area contributed by atoms with Crippen LogP contribution in [0.25, 0.3) is 18.2 Å². The summed E-state index contributed by atoms with van der Waals surface area (Å²) in [5, 5.41) is 13.9. The number of hydrogen-bond acceptors (Lipinski definition) is 8. The summed E-state index contributed by atoms with van der Waals surface area (Å²) in [6.45, 7) is 0. The van der Waals surface area contributed by atoms with Gasteiger partial charge in [-0.3, -0.25) is 14.9 Å². The standard InChI is InChI=1S/C28H28N2O8/c1-34-21-11-10-20(9-6-19-15-25(36-3)28(38-5)26(16-19)37-4)22(17-21)29-27(31)13-8-18-7-12-23(30(32)33)24(14-18)35-2/h6-17H,1-5H3,(H,29,31)/b9-6+,13-8+. The number of anilines is 1. The predicted molar refractivity (Wildman–Crippen MR) is 145 cm³/mol. The van der Waals surface area contributed by atoms with Crippen LogP contribution in [0.1, 0.15) is 16.7 Å². The Bertz CT molecular complexity index is 1360. The molecule has 0 radical (unpaired) electrons. The summed E-state index contributed by atoms with van der Waals surface area (Å²) in [6.07, 6.45) is 6.54. The van der Waals surface area contributed by atoms with Gasteiger partial charge in [0.05, 0.1) is 46.2 Å².